The maximum atomic E-state index is 5.78. The number of hydrogen-bond donors (Lipinski definition) is 3. The summed E-state index contributed by atoms with van der Waals surface area (Å²) in [4.78, 5) is 0. The summed E-state index contributed by atoms with van der Waals surface area (Å²) in [6.45, 7) is 5.08. The molecule has 1 aromatic heterocycles. The fourth-order valence-electron chi connectivity index (χ4n) is 1.96. The first kappa shape index (κ1) is 12.5. The van der Waals surface area contributed by atoms with E-state index in [9.17, 15) is 0 Å². The van der Waals surface area contributed by atoms with Gasteiger partial charge in [-0.25, -0.2) is 0 Å². The highest BCUT2D eigenvalue weighted by molar-refractivity contribution is 5.59. The van der Waals surface area contributed by atoms with Gasteiger partial charge in [-0.05, 0) is 49.9 Å². The van der Waals surface area contributed by atoms with Gasteiger partial charge in [0.2, 0.25) is 0 Å². The van der Waals surface area contributed by atoms with Gasteiger partial charge in [0.25, 0.3) is 0 Å². The van der Waals surface area contributed by atoms with Crippen LogP contribution >= 0.6 is 0 Å². The van der Waals surface area contributed by atoms with Gasteiger partial charge < -0.3 is 11.1 Å². The number of benzene rings is 1. The van der Waals surface area contributed by atoms with Crippen LogP contribution in [-0.2, 0) is 6.42 Å². The maximum absolute atomic E-state index is 5.78. The number of nitrogens with two attached hydrogens (primary N) is 1. The number of nitrogens with zero attached hydrogens (tertiary/aromatic N) is 1. The van der Waals surface area contributed by atoms with Crippen molar-refractivity contribution >= 4 is 11.4 Å². The number of aryl methyl sites for hydroxylation is 3. The van der Waals surface area contributed by atoms with E-state index in [-0.39, 0.29) is 0 Å². The van der Waals surface area contributed by atoms with Crippen molar-refractivity contribution in [3.05, 3.63) is 41.2 Å². The monoisotopic (exact) mass is 244 g/mol. The molecule has 1 aromatic carbocycles. The van der Waals surface area contributed by atoms with E-state index < -0.39 is 0 Å². The lowest BCUT2D eigenvalue weighted by Gasteiger charge is -2.10. The summed E-state index contributed by atoms with van der Waals surface area (Å²) in [6.07, 6.45) is 4.02. The quantitative estimate of drug-likeness (QED) is 0.559. The average molecular weight is 244 g/mol. The van der Waals surface area contributed by atoms with E-state index in [0.29, 0.717) is 0 Å². The second-order valence-electron chi connectivity index (χ2n) is 4.62. The second kappa shape index (κ2) is 5.58. The molecule has 18 heavy (non-hydrogen) atoms. The largest absolute Gasteiger partial charge is 0.399 e. The number of nitrogen functional groups attached to an aromatic ring is 1. The van der Waals surface area contributed by atoms with E-state index >= 15 is 0 Å². The van der Waals surface area contributed by atoms with Gasteiger partial charge in [-0.15, -0.1) is 0 Å². The summed E-state index contributed by atoms with van der Waals surface area (Å²) < 4.78 is 0. The molecular weight excluding hydrogens is 224 g/mol. The molecule has 0 unspecified atom stereocenters. The molecule has 4 heteroatoms. The fraction of sp³-hybridized carbons (Fsp3) is 0.357. The Hall–Kier alpha value is -1.97. The lowest BCUT2D eigenvalue weighted by molar-refractivity contribution is 0.856. The molecular formula is C14H20N4. The minimum Gasteiger partial charge on any atom is -0.399 e. The number of rotatable bonds is 5. The first-order valence-electron chi connectivity index (χ1n) is 6.25. The Labute approximate surface area is 108 Å². The highest BCUT2D eigenvalue weighted by Gasteiger charge is 2.01. The summed E-state index contributed by atoms with van der Waals surface area (Å²) in [6, 6.07) is 5.95. The number of anilines is 2. The van der Waals surface area contributed by atoms with Crippen molar-refractivity contribution in [1.82, 2.24) is 10.2 Å². The standard InChI is InChI=1S/C14H20N4/c1-10-5-6-13(15)8-14(10)16-7-3-4-12-9-17-18-11(12)2/h5-6,8-9,16H,3-4,7,15H2,1-2H3,(H,17,18). The summed E-state index contributed by atoms with van der Waals surface area (Å²) in [7, 11) is 0. The Balaban J connectivity index is 1.82. The van der Waals surface area contributed by atoms with Crippen LogP contribution in [0.15, 0.2) is 24.4 Å². The first-order chi connectivity index (χ1) is 8.66. The van der Waals surface area contributed by atoms with Crippen LogP contribution < -0.4 is 11.1 Å². The first-order valence-corrected chi connectivity index (χ1v) is 6.25. The predicted molar refractivity (Wildman–Crippen MR) is 75.7 cm³/mol. The van der Waals surface area contributed by atoms with E-state index in [2.05, 4.69) is 29.4 Å². The molecule has 2 rings (SSSR count). The lowest BCUT2D eigenvalue weighted by atomic mass is 10.1. The Morgan fingerprint density at radius 2 is 2.17 bits per heavy atom. The number of hydrogen-bond acceptors (Lipinski definition) is 3. The van der Waals surface area contributed by atoms with Gasteiger partial charge in [0.1, 0.15) is 0 Å². The lowest BCUT2D eigenvalue weighted by Crippen LogP contribution is -2.05. The maximum Gasteiger partial charge on any atom is 0.0522 e. The third-order valence-electron chi connectivity index (χ3n) is 3.13. The average Bonchev–Trinajstić information content (AvgIpc) is 2.75. The van der Waals surface area contributed by atoms with Crippen molar-refractivity contribution < 1.29 is 0 Å². The molecule has 0 fully saturated rings. The molecule has 0 amide bonds. The highest BCUT2D eigenvalue weighted by Crippen LogP contribution is 2.18. The molecule has 0 spiro atoms. The van der Waals surface area contributed by atoms with Gasteiger partial charge in [0.05, 0.1) is 6.20 Å². The van der Waals surface area contributed by atoms with Crippen molar-refractivity contribution in [2.24, 2.45) is 0 Å². The van der Waals surface area contributed by atoms with Crippen molar-refractivity contribution in [3.8, 4) is 0 Å². The molecule has 0 atom stereocenters. The van der Waals surface area contributed by atoms with Crippen LogP contribution in [0.2, 0.25) is 0 Å². The Kier molecular flexibility index (Phi) is 3.87. The molecule has 0 aliphatic heterocycles. The molecule has 96 valence electrons. The summed E-state index contributed by atoms with van der Waals surface area (Å²) in [5.41, 5.74) is 11.4. The summed E-state index contributed by atoms with van der Waals surface area (Å²) >= 11 is 0. The molecule has 2 aromatic rings. The van der Waals surface area contributed by atoms with Crippen molar-refractivity contribution in [3.63, 3.8) is 0 Å². The summed E-state index contributed by atoms with van der Waals surface area (Å²) in [5, 5.41) is 10.4. The van der Waals surface area contributed by atoms with E-state index in [1.54, 1.807) is 0 Å². The van der Waals surface area contributed by atoms with E-state index in [0.717, 1.165) is 36.5 Å². The predicted octanol–water partition coefficient (Wildman–Crippen LogP) is 2.65. The van der Waals surface area contributed by atoms with Gasteiger partial charge in [0.15, 0.2) is 0 Å². The Morgan fingerprint density at radius 3 is 2.89 bits per heavy atom. The van der Waals surface area contributed by atoms with E-state index in [1.165, 1.54) is 11.1 Å². The Morgan fingerprint density at radius 1 is 1.33 bits per heavy atom. The van der Waals surface area contributed by atoms with E-state index in [4.69, 9.17) is 5.73 Å². The van der Waals surface area contributed by atoms with Gasteiger partial charge in [-0.1, -0.05) is 6.07 Å². The number of aromatic nitrogens is 2. The normalized spacial score (nSPS) is 10.6. The zero-order valence-corrected chi connectivity index (χ0v) is 11.0. The zero-order chi connectivity index (χ0) is 13.0. The molecule has 0 aliphatic rings. The van der Waals surface area contributed by atoms with Gasteiger partial charge in [-0.3, -0.25) is 5.10 Å². The molecule has 4 N–H and O–H groups in total. The van der Waals surface area contributed by atoms with Crippen molar-refractivity contribution in [2.75, 3.05) is 17.6 Å². The molecule has 0 saturated carbocycles. The number of nitrogens with one attached hydrogen (secondary N) is 2. The van der Waals surface area contributed by atoms with Gasteiger partial charge >= 0.3 is 0 Å². The Bertz CT molecular complexity index is 516. The third-order valence-corrected chi connectivity index (χ3v) is 3.13. The molecule has 0 saturated heterocycles. The van der Waals surface area contributed by atoms with Crippen LogP contribution in [0.3, 0.4) is 0 Å². The van der Waals surface area contributed by atoms with Crippen LogP contribution in [0.5, 0.6) is 0 Å². The van der Waals surface area contributed by atoms with E-state index in [1.807, 2.05) is 24.4 Å². The van der Waals surface area contributed by atoms with Crippen LogP contribution in [-0.4, -0.2) is 16.7 Å². The molecule has 4 nitrogen and oxygen atoms in total. The minimum absolute atomic E-state index is 0.800. The van der Waals surface area contributed by atoms with Crippen LogP contribution in [0.25, 0.3) is 0 Å². The zero-order valence-electron chi connectivity index (χ0n) is 11.0. The smallest absolute Gasteiger partial charge is 0.0522 e. The molecule has 0 bridgehead atoms. The van der Waals surface area contributed by atoms with Crippen LogP contribution in [0, 0.1) is 13.8 Å². The number of H-pyrrole nitrogens is 1. The molecule has 0 aliphatic carbocycles. The fourth-order valence-corrected chi connectivity index (χ4v) is 1.96. The molecule has 1 heterocycles. The second-order valence-corrected chi connectivity index (χ2v) is 4.62. The van der Waals surface area contributed by atoms with Gasteiger partial charge in [0, 0.05) is 23.6 Å². The molecule has 0 radical (unpaired) electrons. The van der Waals surface area contributed by atoms with Gasteiger partial charge in [-0.2, -0.15) is 5.10 Å². The SMILES string of the molecule is Cc1ccc(N)cc1NCCCc1cn[nH]c1C. The highest BCUT2D eigenvalue weighted by atomic mass is 15.1. The van der Waals surface area contributed by atoms with Crippen LogP contribution in [0.1, 0.15) is 23.2 Å². The van der Waals surface area contributed by atoms with Crippen LogP contribution in [0.4, 0.5) is 11.4 Å². The minimum atomic E-state index is 0.800. The van der Waals surface area contributed by atoms with Crippen molar-refractivity contribution in [1.29, 1.82) is 0 Å². The summed E-state index contributed by atoms with van der Waals surface area (Å²) in [5.74, 6) is 0. The van der Waals surface area contributed by atoms with Crippen molar-refractivity contribution in [2.45, 2.75) is 26.7 Å². The third kappa shape index (κ3) is 3.03. The number of aromatic amines is 1. The topological polar surface area (TPSA) is 66.7 Å².